The third-order valence-corrected chi connectivity index (χ3v) is 6.83. The molecule has 0 radical (unpaired) electrons. The van der Waals surface area contributed by atoms with Gasteiger partial charge >= 0.3 is 6.03 Å². The highest BCUT2D eigenvalue weighted by atomic mass is 16.2. The topological polar surface area (TPSA) is 61.4 Å². The molecule has 2 amide bonds. The van der Waals surface area contributed by atoms with Crippen LogP contribution in [0.15, 0.2) is 54.6 Å². The maximum absolute atomic E-state index is 13.1. The van der Waals surface area contributed by atoms with Crippen LogP contribution in [0, 0.1) is 12.8 Å². The lowest BCUT2D eigenvalue weighted by Crippen LogP contribution is -2.41. The van der Waals surface area contributed by atoms with Crippen molar-refractivity contribution in [2.45, 2.75) is 39.7 Å². The van der Waals surface area contributed by atoms with E-state index >= 15 is 0 Å². The molecule has 2 aromatic carbocycles. The molecule has 0 saturated carbocycles. The summed E-state index contributed by atoms with van der Waals surface area (Å²) in [6.45, 7) is 7.49. The molecule has 5 rings (SSSR count). The number of aromatic nitrogens is 2. The second-order valence-electron chi connectivity index (χ2n) is 9.25. The second-order valence-corrected chi connectivity index (χ2v) is 9.25. The summed E-state index contributed by atoms with van der Waals surface area (Å²) in [5.41, 5.74) is 5.11. The normalized spacial score (nSPS) is 16.4. The van der Waals surface area contributed by atoms with Crippen LogP contribution in [0.2, 0.25) is 0 Å². The van der Waals surface area contributed by atoms with Crippen LogP contribution in [0.3, 0.4) is 0 Å². The molecule has 6 nitrogen and oxygen atoms in total. The van der Waals surface area contributed by atoms with Crippen LogP contribution in [0.4, 0.5) is 16.3 Å². The van der Waals surface area contributed by atoms with Gasteiger partial charge in [0.25, 0.3) is 0 Å². The largest absolute Gasteiger partial charge is 0.356 e. The number of carbonyl (C=O) groups excluding carboxylic acids is 1. The fourth-order valence-corrected chi connectivity index (χ4v) is 4.68. The molecule has 1 fully saturated rings. The Bertz CT molecular complexity index is 1140. The molecule has 2 aliphatic heterocycles. The van der Waals surface area contributed by atoms with Crippen LogP contribution in [0.5, 0.6) is 0 Å². The highest BCUT2D eigenvalue weighted by molar-refractivity contribution is 5.90. The lowest BCUT2D eigenvalue weighted by Gasteiger charge is -2.36. The standard InChI is InChI=1S/C27H31N5O/c1-19-12-15-31(16-13-19)26-22-18-32(27(33)29-23-11-7-6-8-20(23)2)17-14-24(22)28-25(30-26)21-9-4-3-5-10-21/h3-11,19H,12-18H2,1-2H3,(H,29,33). The summed E-state index contributed by atoms with van der Waals surface area (Å²) >= 11 is 0. The Morgan fingerprint density at radius 3 is 2.45 bits per heavy atom. The smallest absolute Gasteiger partial charge is 0.322 e. The molecule has 2 aliphatic rings. The number of piperidine rings is 1. The Labute approximate surface area is 195 Å². The maximum Gasteiger partial charge on any atom is 0.322 e. The van der Waals surface area contributed by atoms with Crippen molar-refractivity contribution >= 4 is 17.5 Å². The summed E-state index contributed by atoms with van der Waals surface area (Å²) in [6, 6.07) is 18.0. The zero-order valence-electron chi connectivity index (χ0n) is 19.4. The molecule has 1 N–H and O–H groups in total. The van der Waals surface area contributed by atoms with Crippen LogP contribution in [0.1, 0.15) is 36.6 Å². The first-order chi connectivity index (χ1) is 16.1. The number of benzene rings is 2. The molecular formula is C27H31N5O. The second kappa shape index (κ2) is 9.22. The minimum Gasteiger partial charge on any atom is -0.356 e. The summed E-state index contributed by atoms with van der Waals surface area (Å²) < 4.78 is 0. The van der Waals surface area contributed by atoms with Crippen molar-refractivity contribution in [2.24, 2.45) is 5.92 Å². The van der Waals surface area contributed by atoms with Gasteiger partial charge in [0.2, 0.25) is 0 Å². The molecule has 0 unspecified atom stereocenters. The summed E-state index contributed by atoms with van der Waals surface area (Å²) in [6.07, 6.45) is 3.06. The van der Waals surface area contributed by atoms with Gasteiger partial charge in [-0.1, -0.05) is 55.5 Å². The quantitative estimate of drug-likeness (QED) is 0.601. The monoisotopic (exact) mass is 441 g/mol. The number of anilines is 2. The Hall–Kier alpha value is -3.41. The number of rotatable bonds is 3. The molecule has 1 saturated heterocycles. The average Bonchev–Trinajstić information content (AvgIpc) is 2.85. The van der Waals surface area contributed by atoms with Crippen LogP contribution < -0.4 is 10.2 Å². The number of para-hydroxylation sites is 1. The average molecular weight is 442 g/mol. The van der Waals surface area contributed by atoms with Gasteiger partial charge < -0.3 is 15.1 Å². The third kappa shape index (κ3) is 4.56. The number of hydrogen-bond acceptors (Lipinski definition) is 4. The zero-order valence-corrected chi connectivity index (χ0v) is 19.4. The lowest BCUT2D eigenvalue weighted by molar-refractivity contribution is 0.206. The van der Waals surface area contributed by atoms with Crippen LogP contribution >= 0.6 is 0 Å². The molecule has 0 aliphatic carbocycles. The molecule has 0 spiro atoms. The molecule has 6 heteroatoms. The van der Waals surface area contributed by atoms with Gasteiger partial charge in [-0.3, -0.25) is 0 Å². The molecule has 170 valence electrons. The van der Waals surface area contributed by atoms with Gasteiger partial charge in [0, 0.05) is 42.9 Å². The molecule has 0 atom stereocenters. The molecule has 1 aromatic heterocycles. The fourth-order valence-electron chi connectivity index (χ4n) is 4.68. The van der Waals surface area contributed by atoms with E-state index in [1.807, 2.05) is 54.3 Å². The van der Waals surface area contributed by atoms with Gasteiger partial charge in [-0.15, -0.1) is 0 Å². The highest BCUT2D eigenvalue weighted by Gasteiger charge is 2.29. The summed E-state index contributed by atoms with van der Waals surface area (Å²) in [4.78, 5) is 27.4. The summed E-state index contributed by atoms with van der Waals surface area (Å²) in [5.74, 6) is 2.52. The van der Waals surface area contributed by atoms with Gasteiger partial charge in [-0.05, 0) is 37.3 Å². The molecule has 3 aromatic rings. The fraction of sp³-hybridized carbons (Fsp3) is 0.370. The molecule has 3 heterocycles. The Morgan fingerprint density at radius 1 is 0.970 bits per heavy atom. The Kier molecular flexibility index (Phi) is 5.99. The van der Waals surface area contributed by atoms with Crippen molar-refractivity contribution in [1.29, 1.82) is 0 Å². The number of aryl methyl sites for hydroxylation is 1. The molecular weight excluding hydrogens is 410 g/mol. The minimum atomic E-state index is -0.0692. The summed E-state index contributed by atoms with van der Waals surface area (Å²) in [5, 5.41) is 3.09. The van der Waals surface area contributed by atoms with Crippen LogP contribution in [-0.4, -0.2) is 40.5 Å². The number of fused-ring (bicyclic) bond motifs is 1. The van der Waals surface area contributed by atoms with Crippen molar-refractivity contribution in [1.82, 2.24) is 14.9 Å². The van der Waals surface area contributed by atoms with Crippen molar-refractivity contribution in [3.05, 3.63) is 71.4 Å². The number of nitrogens with zero attached hydrogens (tertiary/aromatic N) is 4. The first-order valence-corrected chi connectivity index (χ1v) is 11.9. The van der Waals surface area contributed by atoms with Crippen LogP contribution in [0.25, 0.3) is 11.4 Å². The minimum absolute atomic E-state index is 0.0692. The van der Waals surface area contributed by atoms with Gasteiger partial charge in [0.15, 0.2) is 5.82 Å². The number of amides is 2. The maximum atomic E-state index is 13.1. The number of nitrogens with one attached hydrogen (secondary N) is 1. The van der Waals surface area contributed by atoms with E-state index in [0.29, 0.717) is 13.1 Å². The predicted molar refractivity (Wildman–Crippen MR) is 132 cm³/mol. The van der Waals surface area contributed by atoms with Crippen molar-refractivity contribution < 1.29 is 4.79 Å². The van der Waals surface area contributed by atoms with Gasteiger partial charge in [-0.2, -0.15) is 0 Å². The zero-order chi connectivity index (χ0) is 22.8. The Morgan fingerprint density at radius 2 is 1.70 bits per heavy atom. The van der Waals surface area contributed by atoms with E-state index in [4.69, 9.17) is 9.97 Å². The van der Waals surface area contributed by atoms with Gasteiger partial charge in [-0.25, -0.2) is 14.8 Å². The first kappa shape index (κ1) is 21.4. The lowest BCUT2D eigenvalue weighted by atomic mass is 9.98. The van der Waals surface area contributed by atoms with E-state index in [0.717, 1.165) is 78.0 Å². The van der Waals surface area contributed by atoms with Crippen molar-refractivity contribution in [3.8, 4) is 11.4 Å². The van der Waals surface area contributed by atoms with E-state index in [1.165, 1.54) is 0 Å². The van der Waals surface area contributed by atoms with Crippen molar-refractivity contribution in [2.75, 3.05) is 29.9 Å². The number of urea groups is 1. The highest BCUT2D eigenvalue weighted by Crippen LogP contribution is 2.32. The van der Waals surface area contributed by atoms with E-state index < -0.39 is 0 Å². The number of carbonyl (C=O) groups is 1. The van der Waals surface area contributed by atoms with E-state index in [-0.39, 0.29) is 6.03 Å². The SMILES string of the molecule is Cc1ccccc1NC(=O)N1CCc2nc(-c3ccccc3)nc(N3CCC(C)CC3)c2C1. The molecule has 33 heavy (non-hydrogen) atoms. The van der Waals surface area contributed by atoms with E-state index in [1.54, 1.807) is 0 Å². The summed E-state index contributed by atoms with van der Waals surface area (Å²) in [7, 11) is 0. The predicted octanol–water partition coefficient (Wildman–Crippen LogP) is 5.28. The van der Waals surface area contributed by atoms with E-state index in [2.05, 4.69) is 29.3 Å². The van der Waals surface area contributed by atoms with Crippen molar-refractivity contribution in [3.63, 3.8) is 0 Å². The van der Waals surface area contributed by atoms with Gasteiger partial charge in [0.1, 0.15) is 5.82 Å². The first-order valence-electron chi connectivity index (χ1n) is 11.9. The van der Waals surface area contributed by atoms with Gasteiger partial charge in [0.05, 0.1) is 12.2 Å². The number of hydrogen-bond donors (Lipinski definition) is 1. The Balaban J connectivity index is 1.46. The molecule has 0 bridgehead atoms. The third-order valence-electron chi connectivity index (χ3n) is 6.83. The van der Waals surface area contributed by atoms with E-state index in [9.17, 15) is 4.79 Å². The van der Waals surface area contributed by atoms with Crippen LogP contribution in [-0.2, 0) is 13.0 Å².